The van der Waals surface area contributed by atoms with Crippen LogP contribution in [0.3, 0.4) is 0 Å². The van der Waals surface area contributed by atoms with E-state index in [1.165, 1.54) is 0 Å². The average Bonchev–Trinajstić information content (AvgIpc) is 3.11. The first-order valence-electron chi connectivity index (χ1n) is 7.91. The fourth-order valence-corrected chi connectivity index (χ4v) is 2.81. The number of hydrogen-bond donors (Lipinski definition) is 1. The van der Waals surface area contributed by atoms with E-state index in [0.717, 1.165) is 14.8 Å². The van der Waals surface area contributed by atoms with Crippen molar-refractivity contribution < 1.29 is 14.3 Å². The SMILES string of the molecule is O=C(COC(=O)Cc1cnn(-c2ccccc2)c1)Nc1ccccc1I. The quantitative estimate of drug-likeness (QED) is 0.452. The molecule has 26 heavy (non-hydrogen) atoms. The predicted molar refractivity (Wildman–Crippen MR) is 106 cm³/mol. The van der Waals surface area contributed by atoms with E-state index >= 15 is 0 Å². The molecule has 0 aliphatic heterocycles. The molecule has 0 radical (unpaired) electrons. The van der Waals surface area contributed by atoms with E-state index in [2.05, 4.69) is 33.0 Å². The molecule has 1 N–H and O–H groups in total. The van der Waals surface area contributed by atoms with Gasteiger partial charge in [0, 0.05) is 15.3 Å². The Labute approximate surface area is 164 Å². The Morgan fingerprint density at radius 1 is 1.08 bits per heavy atom. The number of esters is 1. The van der Waals surface area contributed by atoms with Crippen LogP contribution >= 0.6 is 22.6 Å². The van der Waals surface area contributed by atoms with Crippen LogP contribution in [0.25, 0.3) is 5.69 Å². The van der Waals surface area contributed by atoms with E-state index in [1.54, 1.807) is 23.1 Å². The summed E-state index contributed by atoms with van der Waals surface area (Å²) in [4.78, 5) is 23.8. The molecule has 0 bridgehead atoms. The van der Waals surface area contributed by atoms with Crippen molar-refractivity contribution in [2.75, 3.05) is 11.9 Å². The number of aromatic nitrogens is 2. The molecule has 0 aliphatic carbocycles. The molecule has 0 saturated carbocycles. The van der Waals surface area contributed by atoms with Gasteiger partial charge in [-0.25, -0.2) is 4.68 Å². The highest BCUT2D eigenvalue weighted by atomic mass is 127. The van der Waals surface area contributed by atoms with Crippen molar-refractivity contribution in [2.24, 2.45) is 0 Å². The lowest BCUT2D eigenvalue weighted by atomic mass is 10.2. The lowest BCUT2D eigenvalue weighted by Crippen LogP contribution is -2.22. The zero-order valence-electron chi connectivity index (χ0n) is 13.8. The Hall–Kier alpha value is -2.68. The number of anilines is 1. The van der Waals surface area contributed by atoms with Crippen molar-refractivity contribution >= 4 is 40.2 Å². The first kappa shape index (κ1) is 18.1. The second-order valence-electron chi connectivity index (χ2n) is 5.49. The molecule has 0 saturated heterocycles. The maximum absolute atomic E-state index is 11.9. The highest BCUT2D eigenvalue weighted by Gasteiger charge is 2.11. The third-order valence-corrected chi connectivity index (χ3v) is 4.46. The van der Waals surface area contributed by atoms with Crippen molar-refractivity contribution in [3.63, 3.8) is 0 Å². The molecule has 0 aliphatic rings. The van der Waals surface area contributed by atoms with Crippen LogP contribution in [0, 0.1) is 3.57 Å². The van der Waals surface area contributed by atoms with E-state index in [1.807, 2.05) is 48.5 Å². The summed E-state index contributed by atoms with van der Waals surface area (Å²) < 4.78 is 7.65. The molecule has 2 aromatic carbocycles. The van der Waals surface area contributed by atoms with Crippen LogP contribution < -0.4 is 5.32 Å². The zero-order chi connectivity index (χ0) is 18.4. The summed E-state index contributed by atoms with van der Waals surface area (Å²) in [5, 5.41) is 6.94. The van der Waals surface area contributed by atoms with Crippen LogP contribution in [0.2, 0.25) is 0 Å². The molecule has 0 unspecified atom stereocenters. The second kappa shape index (κ2) is 8.61. The highest BCUT2D eigenvalue weighted by Crippen LogP contribution is 2.16. The standard InChI is InChI=1S/C19H16IN3O3/c20-16-8-4-5-9-17(16)22-18(24)13-26-19(25)10-14-11-21-23(12-14)15-6-2-1-3-7-15/h1-9,11-12H,10,13H2,(H,22,24). The van der Waals surface area contributed by atoms with Gasteiger partial charge in [0.15, 0.2) is 6.61 Å². The molecule has 1 heterocycles. The van der Waals surface area contributed by atoms with Gasteiger partial charge in [-0.05, 0) is 46.9 Å². The Morgan fingerprint density at radius 3 is 2.58 bits per heavy atom. The van der Waals surface area contributed by atoms with Crippen LogP contribution in [0.15, 0.2) is 67.0 Å². The summed E-state index contributed by atoms with van der Waals surface area (Å²) in [5.74, 6) is -0.849. The summed E-state index contributed by atoms with van der Waals surface area (Å²) in [6, 6.07) is 17.0. The van der Waals surface area contributed by atoms with E-state index in [4.69, 9.17) is 4.74 Å². The summed E-state index contributed by atoms with van der Waals surface area (Å²) in [6.45, 7) is -0.323. The summed E-state index contributed by atoms with van der Waals surface area (Å²) in [5.41, 5.74) is 2.32. The lowest BCUT2D eigenvalue weighted by molar-refractivity contribution is -0.146. The largest absolute Gasteiger partial charge is 0.455 e. The number of rotatable bonds is 6. The summed E-state index contributed by atoms with van der Waals surface area (Å²) >= 11 is 2.13. The van der Waals surface area contributed by atoms with Gasteiger partial charge in [-0.1, -0.05) is 30.3 Å². The van der Waals surface area contributed by atoms with Gasteiger partial charge in [0.05, 0.1) is 24.0 Å². The maximum Gasteiger partial charge on any atom is 0.310 e. The van der Waals surface area contributed by atoms with Gasteiger partial charge in [0.25, 0.3) is 5.91 Å². The minimum atomic E-state index is -0.476. The van der Waals surface area contributed by atoms with Gasteiger partial charge in [0.2, 0.25) is 0 Å². The topological polar surface area (TPSA) is 73.2 Å². The van der Waals surface area contributed by atoms with E-state index in [9.17, 15) is 9.59 Å². The van der Waals surface area contributed by atoms with Gasteiger partial charge < -0.3 is 10.1 Å². The maximum atomic E-state index is 11.9. The molecule has 1 amide bonds. The number of amides is 1. The molecule has 0 fully saturated rings. The van der Waals surface area contributed by atoms with Gasteiger partial charge in [-0.15, -0.1) is 0 Å². The van der Waals surface area contributed by atoms with E-state index in [-0.39, 0.29) is 18.9 Å². The first-order valence-corrected chi connectivity index (χ1v) is 8.98. The third-order valence-electron chi connectivity index (χ3n) is 3.52. The molecular formula is C19H16IN3O3. The number of nitrogens with one attached hydrogen (secondary N) is 1. The molecule has 1 aromatic heterocycles. The monoisotopic (exact) mass is 461 g/mol. The molecular weight excluding hydrogens is 445 g/mol. The molecule has 6 nitrogen and oxygen atoms in total. The zero-order valence-corrected chi connectivity index (χ0v) is 15.9. The second-order valence-corrected chi connectivity index (χ2v) is 6.66. The Balaban J connectivity index is 1.49. The predicted octanol–water partition coefficient (Wildman–Crippen LogP) is 3.20. The molecule has 0 atom stereocenters. The minimum Gasteiger partial charge on any atom is -0.455 e. The third kappa shape index (κ3) is 4.92. The van der Waals surface area contributed by atoms with Crippen LogP contribution in [0.4, 0.5) is 5.69 Å². The first-order chi connectivity index (χ1) is 12.6. The van der Waals surface area contributed by atoms with Crippen LogP contribution in [0.1, 0.15) is 5.56 Å². The average molecular weight is 461 g/mol. The molecule has 3 rings (SSSR count). The number of carbonyl (C=O) groups is 2. The Kier molecular flexibility index (Phi) is 6.00. The van der Waals surface area contributed by atoms with Gasteiger partial charge >= 0.3 is 5.97 Å². The Bertz CT molecular complexity index is 909. The van der Waals surface area contributed by atoms with Gasteiger partial charge in [0.1, 0.15) is 0 Å². The van der Waals surface area contributed by atoms with Crippen molar-refractivity contribution in [1.29, 1.82) is 0 Å². The molecule has 132 valence electrons. The van der Waals surface area contributed by atoms with Crippen LogP contribution in [0.5, 0.6) is 0 Å². The number of halogens is 1. The number of hydrogen-bond acceptors (Lipinski definition) is 4. The van der Waals surface area contributed by atoms with Crippen LogP contribution in [-0.4, -0.2) is 28.3 Å². The normalized spacial score (nSPS) is 10.3. The minimum absolute atomic E-state index is 0.0585. The number of carbonyl (C=O) groups excluding carboxylic acids is 2. The lowest BCUT2D eigenvalue weighted by Gasteiger charge is -2.07. The van der Waals surface area contributed by atoms with E-state index < -0.39 is 5.97 Å². The smallest absolute Gasteiger partial charge is 0.310 e. The fourth-order valence-electron chi connectivity index (χ4n) is 2.29. The van der Waals surface area contributed by atoms with E-state index in [0.29, 0.717) is 5.69 Å². The molecule has 0 spiro atoms. The number of nitrogens with zero attached hydrogens (tertiary/aromatic N) is 2. The van der Waals surface area contributed by atoms with Crippen molar-refractivity contribution in [1.82, 2.24) is 9.78 Å². The summed E-state index contributed by atoms with van der Waals surface area (Å²) in [7, 11) is 0. The van der Waals surface area contributed by atoms with Gasteiger partial charge in [-0.3, -0.25) is 9.59 Å². The summed E-state index contributed by atoms with van der Waals surface area (Å²) in [6.07, 6.45) is 3.44. The Morgan fingerprint density at radius 2 is 1.81 bits per heavy atom. The van der Waals surface area contributed by atoms with Crippen molar-refractivity contribution in [3.05, 3.63) is 76.1 Å². The van der Waals surface area contributed by atoms with Gasteiger partial charge in [-0.2, -0.15) is 5.10 Å². The van der Waals surface area contributed by atoms with Crippen molar-refractivity contribution in [3.8, 4) is 5.69 Å². The van der Waals surface area contributed by atoms with Crippen LogP contribution in [-0.2, 0) is 20.7 Å². The molecule has 7 heteroatoms. The number of benzene rings is 2. The van der Waals surface area contributed by atoms with Crippen molar-refractivity contribution in [2.45, 2.75) is 6.42 Å². The number of ether oxygens (including phenoxy) is 1. The fraction of sp³-hybridized carbons (Fsp3) is 0.105. The number of para-hydroxylation sites is 2. The molecule has 3 aromatic rings. The highest BCUT2D eigenvalue weighted by molar-refractivity contribution is 14.1.